The molecule has 0 saturated carbocycles. The molecular weight excluding hydrogens is 401 g/mol. The molecule has 0 bridgehead atoms. The van der Waals surface area contributed by atoms with Crippen molar-refractivity contribution in [2.75, 3.05) is 13.7 Å². The minimum absolute atomic E-state index is 0.0204. The minimum atomic E-state index is -0.649. The monoisotopic (exact) mass is 431 g/mol. The first kappa shape index (κ1) is 24.2. The second-order valence-corrected chi connectivity index (χ2v) is 8.10. The van der Waals surface area contributed by atoms with Crippen LogP contribution in [0.15, 0.2) is 42.5 Å². The van der Waals surface area contributed by atoms with Crippen LogP contribution in [0, 0.1) is 5.82 Å². The number of carbonyl (C=O) groups excluding carboxylic acids is 2. The molecule has 0 aliphatic rings. The lowest BCUT2D eigenvalue weighted by Gasteiger charge is -2.23. The lowest BCUT2D eigenvalue weighted by atomic mass is 9.99. The van der Waals surface area contributed by atoms with Crippen molar-refractivity contribution in [3.8, 4) is 16.9 Å². The molecule has 7 heteroatoms. The highest BCUT2D eigenvalue weighted by atomic mass is 19.1. The van der Waals surface area contributed by atoms with Gasteiger partial charge in [0.2, 0.25) is 0 Å². The van der Waals surface area contributed by atoms with Crippen LogP contribution in [0.25, 0.3) is 11.1 Å². The summed E-state index contributed by atoms with van der Waals surface area (Å²) in [5.41, 5.74) is 1.68. The maximum Gasteiger partial charge on any atom is 0.407 e. The van der Waals surface area contributed by atoms with Crippen LogP contribution in [-0.2, 0) is 20.7 Å². The van der Waals surface area contributed by atoms with Crippen LogP contribution in [0.4, 0.5) is 9.18 Å². The van der Waals surface area contributed by atoms with Gasteiger partial charge in [-0.15, -0.1) is 0 Å². The van der Waals surface area contributed by atoms with Crippen LogP contribution in [0.3, 0.4) is 0 Å². The Morgan fingerprint density at radius 3 is 2.35 bits per heavy atom. The summed E-state index contributed by atoms with van der Waals surface area (Å²) in [5.74, 6) is -0.179. The van der Waals surface area contributed by atoms with Crippen LogP contribution < -0.4 is 10.1 Å². The first-order chi connectivity index (χ1) is 14.6. The number of amides is 1. The minimum Gasteiger partial charge on any atom is -0.496 e. The van der Waals surface area contributed by atoms with Crippen molar-refractivity contribution in [3.05, 3.63) is 53.8 Å². The molecule has 0 aliphatic heterocycles. The Bertz CT molecular complexity index is 890. The molecule has 0 aliphatic carbocycles. The van der Waals surface area contributed by atoms with E-state index in [0.29, 0.717) is 17.7 Å². The van der Waals surface area contributed by atoms with E-state index in [1.165, 1.54) is 19.2 Å². The summed E-state index contributed by atoms with van der Waals surface area (Å²) < 4.78 is 29.3. The van der Waals surface area contributed by atoms with Gasteiger partial charge in [0, 0.05) is 11.6 Å². The number of hydrogen-bond acceptors (Lipinski definition) is 5. The number of nitrogens with one attached hydrogen (secondary N) is 1. The molecule has 0 spiro atoms. The van der Waals surface area contributed by atoms with E-state index in [4.69, 9.17) is 14.2 Å². The second kappa shape index (κ2) is 10.8. The molecule has 0 heterocycles. The topological polar surface area (TPSA) is 73.9 Å². The van der Waals surface area contributed by atoms with Gasteiger partial charge in [-0.25, -0.2) is 9.18 Å². The Labute approximate surface area is 182 Å². The Hall–Kier alpha value is -3.09. The zero-order valence-corrected chi connectivity index (χ0v) is 18.7. The fraction of sp³-hybridized carbons (Fsp3) is 0.417. The second-order valence-electron chi connectivity index (χ2n) is 8.10. The van der Waals surface area contributed by atoms with Gasteiger partial charge in [-0.2, -0.15) is 0 Å². The highest BCUT2D eigenvalue weighted by molar-refractivity contribution is 5.73. The van der Waals surface area contributed by atoms with Gasteiger partial charge < -0.3 is 19.5 Å². The number of halogens is 1. The third-order valence-corrected chi connectivity index (χ3v) is 4.35. The maximum atomic E-state index is 13.7. The van der Waals surface area contributed by atoms with E-state index < -0.39 is 23.7 Å². The number of hydrogen-bond donors (Lipinski definition) is 1. The first-order valence-corrected chi connectivity index (χ1v) is 10.2. The number of rotatable bonds is 8. The highest BCUT2D eigenvalue weighted by Gasteiger charge is 2.22. The normalized spacial score (nSPS) is 12.1. The van der Waals surface area contributed by atoms with E-state index in [2.05, 4.69) is 5.32 Å². The number of benzene rings is 2. The van der Waals surface area contributed by atoms with Gasteiger partial charge in [-0.3, -0.25) is 4.79 Å². The third-order valence-electron chi connectivity index (χ3n) is 4.35. The van der Waals surface area contributed by atoms with Gasteiger partial charge in [0.25, 0.3) is 0 Å². The number of carbonyl (C=O) groups is 2. The fourth-order valence-electron chi connectivity index (χ4n) is 3.08. The summed E-state index contributed by atoms with van der Waals surface area (Å²) in [6.45, 7) is 7.31. The van der Waals surface area contributed by atoms with E-state index in [1.807, 2.05) is 24.3 Å². The van der Waals surface area contributed by atoms with Crippen molar-refractivity contribution in [3.63, 3.8) is 0 Å². The van der Waals surface area contributed by atoms with Crippen molar-refractivity contribution in [2.45, 2.75) is 52.2 Å². The molecular formula is C24H30FNO5. The summed E-state index contributed by atoms with van der Waals surface area (Å²) in [5, 5.41) is 2.75. The molecule has 0 saturated heterocycles. The van der Waals surface area contributed by atoms with Crippen molar-refractivity contribution in [1.82, 2.24) is 5.32 Å². The summed E-state index contributed by atoms with van der Waals surface area (Å²) in [4.78, 5) is 24.2. The lowest BCUT2D eigenvalue weighted by molar-refractivity contribution is -0.143. The van der Waals surface area contributed by atoms with E-state index >= 15 is 0 Å². The standard InChI is InChI=1S/C24H30FNO5/c1-6-30-22(27)15-19(26-23(28)31-24(2,3)4)13-16-7-9-17(10-8-16)20-14-18(25)11-12-21(20)29-5/h7-12,14,19H,6,13,15H2,1-5H3,(H,26,28)/t19-/m1/s1. The van der Waals surface area contributed by atoms with Gasteiger partial charge in [-0.05, 0) is 63.4 Å². The molecule has 0 aromatic heterocycles. The quantitative estimate of drug-likeness (QED) is 0.603. The van der Waals surface area contributed by atoms with Crippen molar-refractivity contribution in [2.24, 2.45) is 0 Å². The third kappa shape index (κ3) is 7.92. The van der Waals surface area contributed by atoms with E-state index in [-0.39, 0.29) is 18.8 Å². The van der Waals surface area contributed by atoms with Gasteiger partial charge in [0.1, 0.15) is 17.2 Å². The van der Waals surface area contributed by atoms with Gasteiger partial charge in [0.15, 0.2) is 0 Å². The Morgan fingerprint density at radius 1 is 1.10 bits per heavy atom. The lowest BCUT2D eigenvalue weighted by Crippen LogP contribution is -2.41. The van der Waals surface area contributed by atoms with Crippen molar-refractivity contribution < 1.29 is 28.2 Å². The molecule has 168 valence electrons. The summed E-state index contributed by atoms with van der Waals surface area (Å²) in [6, 6.07) is 11.3. The zero-order valence-electron chi connectivity index (χ0n) is 18.7. The molecule has 2 aromatic carbocycles. The molecule has 6 nitrogen and oxygen atoms in total. The predicted octanol–water partition coefficient (Wildman–Crippen LogP) is 4.89. The fourth-order valence-corrected chi connectivity index (χ4v) is 3.08. The number of esters is 1. The molecule has 1 N–H and O–H groups in total. The van der Waals surface area contributed by atoms with Crippen LogP contribution in [0.5, 0.6) is 5.75 Å². The van der Waals surface area contributed by atoms with Crippen LogP contribution in [0.2, 0.25) is 0 Å². The molecule has 0 unspecified atom stereocenters. The predicted molar refractivity (Wildman–Crippen MR) is 116 cm³/mol. The van der Waals surface area contributed by atoms with E-state index in [1.54, 1.807) is 33.8 Å². The number of alkyl carbamates (subject to hydrolysis) is 1. The van der Waals surface area contributed by atoms with Crippen molar-refractivity contribution in [1.29, 1.82) is 0 Å². The molecule has 2 rings (SSSR count). The number of methoxy groups -OCH3 is 1. The Kier molecular flexibility index (Phi) is 8.42. The van der Waals surface area contributed by atoms with Crippen LogP contribution in [0.1, 0.15) is 39.7 Å². The molecule has 1 atom stereocenters. The van der Waals surface area contributed by atoms with Crippen LogP contribution >= 0.6 is 0 Å². The molecule has 0 fully saturated rings. The van der Waals surface area contributed by atoms with Gasteiger partial charge in [0.05, 0.1) is 20.1 Å². The smallest absolute Gasteiger partial charge is 0.407 e. The first-order valence-electron chi connectivity index (χ1n) is 10.2. The largest absolute Gasteiger partial charge is 0.496 e. The van der Waals surface area contributed by atoms with Crippen LogP contribution in [-0.4, -0.2) is 37.4 Å². The summed E-state index contributed by atoms with van der Waals surface area (Å²) in [7, 11) is 1.54. The molecule has 2 aromatic rings. The van der Waals surface area contributed by atoms with E-state index in [9.17, 15) is 14.0 Å². The Morgan fingerprint density at radius 2 is 1.77 bits per heavy atom. The summed E-state index contributed by atoms with van der Waals surface area (Å²) in [6.07, 6.45) is -0.173. The average Bonchev–Trinajstić information content (AvgIpc) is 2.67. The van der Waals surface area contributed by atoms with Gasteiger partial charge >= 0.3 is 12.1 Å². The zero-order chi connectivity index (χ0) is 23.0. The molecule has 0 radical (unpaired) electrons. The molecule has 1 amide bonds. The van der Waals surface area contributed by atoms with Gasteiger partial charge in [-0.1, -0.05) is 24.3 Å². The molecule has 31 heavy (non-hydrogen) atoms. The number of ether oxygens (including phenoxy) is 3. The SMILES string of the molecule is CCOC(=O)C[C@@H](Cc1ccc(-c2cc(F)ccc2OC)cc1)NC(=O)OC(C)(C)C. The van der Waals surface area contributed by atoms with E-state index in [0.717, 1.165) is 11.1 Å². The maximum absolute atomic E-state index is 13.7. The Balaban J connectivity index is 2.17. The highest BCUT2D eigenvalue weighted by Crippen LogP contribution is 2.31. The van der Waals surface area contributed by atoms with Crippen molar-refractivity contribution >= 4 is 12.1 Å². The average molecular weight is 432 g/mol. The summed E-state index contributed by atoms with van der Waals surface area (Å²) >= 11 is 0.